The minimum Gasteiger partial charge on any atom is -0.489 e. The normalized spacial score (nSPS) is 17.7. The Morgan fingerprint density at radius 3 is 2.87 bits per heavy atom. The van der Waals surface area contributed by atoms with E-state index in [2.05, 4.69) is 10.1 Å². The molecule has 3 heterocycles. The molecule has 0 bridgehead atoms. The fourth-order valence-electron chi connectivity index (χ4n) is 2.83. The van der Waals surface area contributed by atoms with Crippen LogP contribution in [0.1, 0.15) is 42.2 Å². The molecule has 3 rings (SSSR count). The van der Waals surface area contributed by atoms with Gasteiger partial charge in [-0.05, 0) is 38.8 Å². The Hall–Kier alpha value is -2.37. The zero-order valence-electron chi connectivity index (χ0n) is 13.8. The van der Waals surface area contributed by atoms with E-state index in [1.165, 1.54) is 0 Å². The molecule has 0 saturated carbocycles. The number of ether oxygens (including phenoxy) is 1. The van der Waals surface area contributed by atoms with Crippen LogP contribution in [-0.4, -0.2) is 44.8 Å². The fourth-order valence-corrected chi connectivity index (χ4v) is 2.83. The number of aryl methyl sites for hydroxylation is 1. The minimum absolute atomic E-state index is 0.00177. The van der Waals surface area contributed by atoms with E-state index in [9.17, 15) is 4.79 Å². The van der Waals surface area contributed by atoms with Gasteiger partial charge in [0.2, 0.25) is 0 Å². The van der Waals surface area contributed by atoms with Gasteiger partial charge >= 0.3 is 0 Å². The van der Waals surface area contributed by atoms with Crippen molar-refractivity contribution < 1.29 is 9.53 Å². The van der Waals surface area contributed by atoms with Crippen molar-refractivity contribution in [2.45, 2.75) is 39.3 Å². The molecule has 0 radical (unpaired) electrons. The lowest BCUT2D eigenvalue weighted by Gasteiger charge is -2.17. The van der Waals surface area contributed by atoms with E-state index < -0.39 is 0 Å². The molecule has 0 aliphatic carbocycles. The SMILES string of the molecule is Cc1cnn(C2CCN(C(=O)c3cncc(OC(C)C)c3)C2)c1. The van der Waals surface area contributed by atoms with Crippen LogP contribution in [0.15, 0.2) is 30.9 Å². The highest BCUT2D eigenvalue weighted by molar-refractivity contribution is 5.94. The minimum atomic E-state index is -0.00177. The molecule has 1 saturated heterocycles. The molecule has 0 spiro atoms. The van der Waals surface area contributed by atoms with Gasteiger partial charge in [0.15, 0.2) is 0 Å². The monoisotopic (exact) mass is 314 g/mol. The number of hydrogen-bond acceptors (Lipinski definition) is 4. The zero-order chi connectivity index (χ0) is 16.4. The van der Waals surface area contributed by atoms with E-state index in [1.807, 2.05) is 42.7 Å². The van der Waals surface area contributed by atoms with Crippen LogP contribution in [0.2, 0.25) is 0 Å². The molecular weight excluding hydrogens is 292 g/mol. The van der Waals surface area contributed by atoms with Gasteiger partial charge in [0.25, 0.3) is 5.91 Å². The van der Waals surface area contributed by atoms with Gasteiger partial charge in [-0.2, -0.15) is 5.10 Å². The highest BCUT2D eigenvalue weighted by Crippen LogP contribution is 2.23. The van der Waals surface area contributed by atoms with E-state index in [-0.39, 0.29) is 18.1 Å². The standard InChI is InChI=1S/C17H22N4O2/c1-12(2)23-16-6-14(8-18-9-16)17(22)20-5-4-15(11-20)21-10-13(3)7-19-21/h6-10,12,15H,4-5,11H2,1-3H3. The average molecular weight is 314 g/mol. The zero-order valence-corrected chi connectivity index (χ0v) is 13.8. The molecule has 0 aromatic carbocycles. The van der Waals surface area contributed by atoms with Gasteiger partial charge in [-0.1, -0.05) is 0 Å². The van der Waals surface area contributed by atoms with Gasteiger partial charge in [0, 0.05) is 25.5 Å². The number of aromatic nitrogens is 3. The summed E-state index contributed by atoms with van der Waals surface area (Å²) >= 11 is 0. The summed E-state index contributed by atoms with van der Waals surface area (Å²) in [6.07, 6.45) is 8.08. The van der Waals surface area contributed by atoms with Crippen LogP contribution in [0, 0.1) is 6.92 Å². The topological polar surface area (TPSA) is 60.2 Å². The fraction of sp³-hybridized carbons (Fsp3) is 0.471. The Morgan fingerprint density at radius 2 is 2.17 bits per heavy atom. The van der Waals surface area contributed by atoms with Crippen molar-refractivity contribution in [3.8, 4) is 5.75 Å². The first-order valence-corrected chi connectivity index (χ1v) is 7.94. The Bertz CT molecular complexity index is 695. The van der Waals surface area contributed by atoms with Crippen molar-refractivity contribution in [1.82, 2.24) is 19.7 Å². The number of pyridine rings is 1. The van der Waals surface area contributed by atoms with Crippen LogP contribution in [0.3, 0.4) is 0 Å². The van der Waals surface area contributed by atoms with E-state index in [0.717, 1.165) is 18.5 Å². The summed E-state index contributed by atoms with van der Waals surface area (Å²) in [7, 11) is 0. The third kappa shape index (κ3) is 3.52. The largest absolute Gasteiger partial charge is 0.489 e. The van der Waals surface area contributed by atoms with Gasteiger partial charge in [-0.25, -0.2) is 0 Å². The second-order valence-electron chi connectivity index (χ2n) is 6.27. The summed E-state index contributed by atoms with van der Waals surface area (Å²) in [5.41, 5.74) is 1.71. The van der Waals surface area contributed by atoms with Crippen molar-refractivity contribution >= 4 is 5.91 Å². The predicted octanol–water partition coefficient (Wildman–Crippen LogP) is 2.46. The molecular formula is C17H22N4O2. The van der Waals surface area contributed by atoms with Gasteiger partial charge in [0.1, 0.15) is 5.75 Å². The maximum atomic E-state index is 12.7. The molecule has 1 atom stereocenters. The second-order valence-corrected chi connectivity index (χ2v) is 6.27. The smallest absolute Gasteiger partial charge is 0.255 e. The predicted molar refractivity (Wildman–Crippen MR) is 86.5 cm³/mol. The van der Waals surface area contributed by atoms with Crippen molar-refractivity contribution in [2.75, 3.05) is 13.1 Å². The lowest BCUT2D eigenvalue weighted by atomic mass is 10.2. The molecule has 23 heavy (non-hydrogen) atoms. The van der Waals surface area contributed by atoms with Gasteiger partial charge in [0.05, 0.1) is 30.1 Å². The maximum Gasteiger partial charge on any atom is 0.255 e. The van der Waals surface area contributed by atoms with Crippen molar-refractivity contribution in [3.63, 3.8) is 0 Å². The van der Waals surface area contributed by atoms with Gasteiger partial charge in [-0.3, -0.25) is 14.5 Å². The van der Waals surface area contributed by atoms with Crippen molar-refractivity contribution in [3.05, 3.63) is 42.0 Å². The summed E-state index contributed by atoms with van der Waals surface area (Å²) in [5.74, 6) is 0.627. The average Bonchev–Trinajstić information content (AvgIpc) is 3.15. The molecule has 6 nitrogen and oxygen atoms in total. The summed E-state index contributed by atoms with van der Waals surface area (Å²) in [4.78, 5) is 18.6. The number of hydrogen-bond donors (Lipinski definition) is 0. The van der Waals surface area contributed by atoms with Crippen LogP contribution in [-0.2, 0) is 0 Å². The number of carbonyl (C=O) groups excluding carboxylic acids is 1. The van der Waals surface area contributed by atoms with E-state index in [0.29, 0.717) is 17.9 Å². The first-order valence-electron chi connectivity index (χ1n) is 7.94. The maximum absolute atomic E-state index is 12.7. The Balaban J connectivity index is 1.69. The molecule has 1 aliphatic rings. The van der Waals surface area contributed by atoms with Crippen molar-refractivity contribution in [2.24, 2.45) is 0 Å². The van der Waals surface area contributed by atoms with E-state index in [1.54, 1.807) is 18.5 Å². The van der Waals surface area contributed by atoms with Crippen LogP contribution in [0.25, 0.3) is 0 Å². The van der Waals surface area contributed by atoms with Crippen molar-refractivity contribution in [1.29, 1.82) is 0 Å². The number of nitrogens with zero attached hydrogens (tertiary/aromatic N) is 4. The van der Waals surface area contributed by atoms with Gasteiger partial charge in [-0.15, -0.1) is 0 Å². The number of amides is 1. The molecule has 1 aliphatic heterocycles. The molecule has 1 unspecified atom stereocenters. The molecule has 0 N–H and O–H groups in total. The summed E-state index contributed by atoms with van der Waals surface area (Å²) in [6.45, 7) is 7.33. The molecule has 1 fully saturated rings. The van der Waals surface area contributed by atoms with Crippen LogP contribution < -0.4 is 4.74 Å². The van der Waals surface area contributed by atoms with E-state index >= 15 is 0 Å². The molecule has 2 aromatic rings. The Morgan fingerprint density at radius 1 is 1.35 bits per heavy atom. The quantitative estimate of drug-likeness (QED) is 0.870. The van der Waals surface area contributed by atoms with Gasteiger partial charge < -0.3 is 9.64 Å². The van der Waals surface area contributed by atoms with E-state index in [4.69, 9.17) is 4.74 Å². The highest BCUT2D eigenvalue weighted by Gasteiger charge is 2.28. The summed E-state index contributed by atoms with van der Waals surface area (Å²) in [5, 5.41) is 4.36. The number of likely N-dealkylation sites (tertiary alicyclic amines) is 1. The molecule has 6 heteroatoms. The lowest BCUT2D eigenvalue weighted by molar-refractivity contribution is 0.0786. The third-order valence-corrected chi connectivity index (χ3v) is 3.89. The molecule has 122 valence electrons. The highest BCUT2D eigenvalue weighted by atomic mass is 16.5. The Kier molecular flexibility index (Phi) is 4.32. The lowest BCUT2D eigenvalue weighted by Crippen LogP contribution is -2.29. The third-order valence-electron chi connectivity index (χ3n) is 3.89. The first-order chi connectivity index (χ1) is 11.0. The first kappa shape index (κ1) is 15.5. The summed E-state index contributed by atoms with van der Waals surface area (Å²) in [6, 6.07) is 2.01. The summed E-state index contributed by atoms with van der Waals surface area (Å²) < 4.78 is 7.57. The Labute approximate surface area is 136 Å². The van der Waals surface area contributed by atoms with Crippen LogP contribution in [0.4, 0.5) is 0 Å². The van der Waals surface area contributed by atoms with Crippen LogP contribution in [0.5, 0.6) is 5.75 Å². The molecule has 2 aromatic heterocycles. The second kappa shape index (κ2) is 6.40. The number of carbonyl (C=O) groups is 1. The van der Waals surface area contributed by atoms with Crippen LogP contribution >= 0.6 is 0 Å². The molecule has 1 amide bonds. The number of rotatable bonds is 4.